The van der Waals surface area contributed by atoms with E-state index in [4.69, 9.17) is 5.73 Å². The molecule has 6 nitrogen and oxygen atoms in total. The van der Waals surface area contributed by atoms with Crippen molar-refractivity contribution in [3.63, 3.8) is 0 Å². The number of nitrogens with zero attached hydrogens (tertiary/aromatic N) is 4. The molecule has 0 spiro atoms. The van der Waals surface area contributed by atoms with E-state index in [0.29, 0.717) is 17.2 Å². The molecule has 130 valence electrons. The molecule has 1 aliphatic carbocycles. The lowest BCUT2D eigenvalue weighted by Gasteiger charge is -2.12. The summed E-state index contributed by atoms with van der Waals surface area (Å²) in [4.78, 5) is 4.43. The van der Waals surface area contributed by atoms with Gasteiger partial charge < -0.3 is 10.8 Å². The normalized spacial score (nSPS) is 13.6. The predicted molar refractivity (Wildman–Crippen MR) is 99.4 cm³/mol. The van der Waals surface area contributed by atoms with Gasteiger partial charge in [0.15, 0.2) is 0 Å². The van der Waals surface area contributed by atoms with E-state index >= 15 is 0 Å². The van der Waals surface area contributed by atoms with Crippen molar-refractivity contribution >= 4 is 5.82 Å². The van der Waals surface area contributed by atoms with Gasteiger partial charge in [0, 0.05) is 35.3 Å². The predicted octanol–water partition coefficient (Wildman–Crippen LogP) is 3.49. The van der Waals surface area contributed by atoms with Gasteiger partial charge in [-0.05, 0) is 49.6 Å². The van der Waals surface area contributed by atoms with Gasteiger partial charge in [0.25, 0.3) is 0 Å². The Bertz CT molecular complexity index is 1060. The Morgan fingerprint density at radius 1 is 1.23 bits per heavy atom. The van der Waals surface area contributed by atoms with E-state index in [1.165, 1.54) is 0 Å². The maximum atomic E-state index is 9.66. The lowest BCUT2D eigenvalue weighted by molar-refractivity contribution is 0.475. The van der Waals surface area contributed by atoms with Gasteiger partial charge in [0.1, 0.15) is 23.2 Å². The quantitative estimate of drug-likeness (QED) is 0.756. The molecular weight excluding hydrogens is 326 g/mol. The summed E-state index contributed by atoms with van der Waals surface area (Å²) < 4.78 is 1.89. The average Bonchev–Trinajstić information content (AvgIpc) is 3.36. The number of phenolic OH excluding ortho intramolecular Hbond substituents is 1. The van der Waals surface area contributed by atoms with Crippen LogP contribution < -0.4 is 5.73 Å². The Kier molecular flexibility index (Phi) is 3.66. The third-order valence-electron chi connectivity index (χ3n) is 4.88. The molecule has 3 aromatic rings. The number of hydrogen-bond acceptors (Lipinski definition) is 5. The molecule has 2 heterocycles. The van der Waals surface area contributed by atoms with Crippen molar-refractivity contribution in [2.75, 3.05) is 5.73 Å². The van der Waals surface area contributed by atoms with Crippen molar-refractivity contribution in [1.82, 2.24) is 14.8 Å². The number of nitrogens with two attached hydrogens (primary N) is 1. The van der Waals surface area contributed by atoms with E-state index < -0.39 is 0 Å². The Morgan fingerprint density at radius 3 is 2.65 bits per heavy atom. The van der Waals surface area contributed by atoms with Crippen molar-refractivity contribution in [2.45, 2.75) is 25.7 Å². The summed E-state index contributed by atoms with van der Waals surface area (Å²) >= 11 is 0. The number of aryl methyl sites for hydroxylation is 2. The van der Waals surface area contributed by atoms with Crippen LogP contribution in [0.3, 0.4) is 0 Å². The minimum Gasteiger partial charge on any atom is -0.508 e. The number of hydrogen-bond donors (Lipinski definition) is 2. The molecule has 0 bridgehead atoms. The summed E-state index contributed by atoms with van der Waals surface area (Å²) in [6.07, 6.45) is 4.08. The minimum atomic E-state index is 0.205. The minimum absolute atomic E-state index is 0.205. The highest BCUT2D eigenvalue weighted by molar-refractivity contribution is 5.82. The maximum absolute atomic E-state index is 9.66. The maximum Gasteiger partial charge on any atom is 0.142 e. The van der Waals surface area contributed by atoms with Crippen molar-refractivity contribution < 1.29 is 5.11 Å². The molecule has 0 unspecified atom stereocenters. The fourth-order valence-electron chi connectivity index (χ4n) is 3.46. The third kappa shape index (κ3) is 2.58. The third-order valence-corrected chi connectivity index (χ3v) is 4.88. The van der Waals surface area contributed by atoms with E-state index in [0.717, 1.165) is 40.8 Å². The number of benzene rings is 1. The first-order valence-corrected chi connectivity index (χ1v) is 8.52. The van der Waals surface area contributed by atoms with Gasteiger partial charge in [0.05, 0.1) is 11.9 Å². The van der Waals surface area contributed by atoms with Crippen molar-refractivity contribution in [2.24, 2.45) is 7.05 Å². The molecule has 4 rings (SSSR count). The highest BCUT2D eigenvalue weighted by Crippen LogP contribution is 2.45. The van der Waals surface area contributed by atoms with Crippen molar-refractivity contribution in [1.29, 1.82) is 5.26 Å². The van der Waals surface area contributed by atoms with Gasteiger partial charge in [-0.3, -0.25) is 4.68 Å². The van der Waals surface area contributed by atoms with Gasteiger partial charge in [-0.2, -0.15) is 10.4 Å². The fraction of sp³-hybridized carbons (Fsp3) is 0.250. The molecule has 1 aromatic carbocycles. The van der Waals surface area contributed by atoms with Gasteiger partial charge in [0.2, 0.25) is 0 Å². The molecule has 0 amide bonds. The number of rotatable bonds is 3. The van der Waals surface area contributed by atoms with Gasteiger partial charge in [-0.25, -0.2) is 4.98 Å². The summed E-state index contributed by atoms with van der Waals surface area (Å²) in [5, 5.41) is 23.7. The van der Waals surface area contributed by atoms with E-state index in [9.17, 15) is 10.4 Å². The number of phenols is 1. The van der Waals surface area contributed by atoms with E-state index in [-0.39, 0.29) is 11.6 Å². The van der Waals surface area contributed by atoms with Gasteiger partial charge >= 0.3 is 0 Å². The SMILES string of the molecule is Cc1cc(O)ccc1-c1cc(-c2cnn(C)c2C2CC2)c(C#N)c(N)n1. The Balaban J connectivity index is 1.95. The Labute approximate surface area is 151 Å². The highest BCUT2D eigenvalue weighted by atomic mass is 16.3. The number of nitriles is 1. The largest absolute Gasteiger partial charge is 0.508 e. The van der Waals surface area contributed by atoms with Crippen molar-refractivity contribution in [3.8, 4) is 34.2 Å². The Hall–Kier alpha value is -3.33. The molecule has 0 atom stereocenters. The lowest BCUT2D eigenvalue weighted by atomic mass is 9.96. The molecule has 0 saturated heterocycles. The highest BCUT2D eigenvalue weighted by Gasteiger charge is 2.31. The molecule has 0 aliphatic heterocycles. The molecule has 6 heteroatoms. The second kappa shape index (κ2) is 5.88. The van der Waals surface area contributed by atoms with Crippen LogP contribution in [0, 0.1) is 18.3 Å². The second-order valence-electron chi connectivity index (χ2n) is 6.77. The first-order valence-electron chi connectivity index (χ1n) is 8.52. The number of aromatic nitrogens is 3. The zero-order valence-electron chi connectivity index (χ0n) is 14.7. The van der Waals surface area contributed by atoms with Crippen LogP contribution >= 0.6 is 0 Å². The summed E-state index contributed by atoms with van der Waals surface area (Å²) in [6.45, 7) is 1.91. The number of pyridine rings is 1. The van der Waals surface area contributed by atoms with Crippen LogP contribution in [0.15, 0.2) is 30.5 Å². The molecule has 1 saturated carbocycles. The smallest absolute Gasteiger partial charge is 0.142 e. The first-order chi connectivity index (χ1) is 12.5. The van der Waals surface area contributed by atoms with E-state index in [1.54, 1.807) is 18.3 Å². The molecule has 26 heavy (non-hydrogen) atoms. The molecular formula is C20H19N5O. The molecule has 1 fully saturated rings. The van der Waals surface area contributed by atoms with Gasteiger partial charge in [-0.1, -0.05) is 0 Å². The standard InChI is InChI=1S/C20H19N5O/c1-11-7-13(26)5-6-14(11)18-8-15(16(9-21)20(22)24-18)17-10-23-25(2)19(17)12-3-4-12/h5-8,10,12,26H,3-4H2,1-2H3,(H2,22,24). The molecule has 0 radical (unpaired) electrons. The summed E-state index contributed by atoms with van der Waals surface area (Å²) in [6, 6.07) is 9.22. The topological polar surface area (TPSA) is 101 Å². The number of anilines is 1. The summed E-state index contributed by atoms with van der Waals surface area (Å²) in [5.74, 6) is 0.895. The lowest BCUT2D eigenvalue weighted by Crippen LogP contribution is -2.02. The van der Waals surface area contributed by atoms with Crippen LogP contribution in [0.1, 0.15) is 35.6 Å². The van der Waals surface area contributed by atoms with Crippen LogP contribution in [0.2, 0.25) is 0 Å². The first kappa shape index (κ1) is 16.2. The van der Waals surface area contributed by atoms with Crippen LogP contribution in [0.5, 0.6) is 5.75 Å². The average molecular weight is 345 g/mol. The van der Waals surface area contributed by atoms with E-state index in [2.05, 4.69) is 16.2 Å². The fourth-order valence-corrected chi connectivity index (χ4v) is 3.46. The monoisotopic (exact) mass is 345 g/mol. The Morgan fingerprint density at radius 2 is 2.00 bits per heavy atom. The van der Waals surface area contributed by atoms with E-state index in [1.807, 2.05) is 30.8 Å². The number of aromatic hydroxyl groups is 1. The van der Waals surface area contributed by atoms with Crippen molar-refractivity contribution in [3.05, 3.63) is 47.3 Å². The zero-order valence-corrected chi connectivity index (χ0v) is 14.7. The van der Waals surface area contributed by atoms with Crippen LogP contribution in [0.25, 0.3) is 22.4 Å². The van der Waals surface area contributed by atoms with Crippen LogP contribution in [-0.4, -0.2) is 19.9 Å². The van der Waals surface area contributed by atoms with Crippen LogP contribution in [-0.2, 0) is 7.05 Å². The summed E-state index contributed by atoms with van der Waals surface area (Å²) in [7, 11) is 1.93. The second-order valence-corrected chi connectivity index (χ2v) is 6.77. The van der Waals surface area contributed by atoms with Crippen LogP contribution in [0.4, 0.5) is 5.82 Å². The molecule has 3 N–H and O–H groups in total. The molecule has 1 aliphatic rings. The number of nitrogen functional groups attached to an aromatic ring is 1. The zero-order chi connectivity index (χ0) is 18.4. The molecule has 2 aromatic heterocycles. The summed E-state index contributed by atoms with van der Waals surface area (Å²) in [5.41, 5.74) is 11.8. The van der Waals surface area contributed by atoms with Gasteiger partial charge in [-0.15, -0.1) is 0 Å².